The molecule has 1 aliphatic heterocycles. The molecule has 2 N–H and O–H groups in total. The number of nitrogens with one attached hydrogen (secondary N) is 2. The Morgan fingerprint density at radius 2 is 2.11 bits per heavy atom. The Bertz CT molecular complexity index is 873. The molecule has 1 aliphatic rings. The maximum absolute atomic E-state index is 12.9. The third kappa shape index (κ3) is 4.82. The first-order valence-electron chi connectivity index (χ1n) is 9.49. The zero-order chi connectivity index (χ0) is 18.5. The molecule has 1 amide bonds. The predicted molar refractivity (Wildman–Crippen MR) is 117 cm³/mol. The average Bonchev–Trinajstić information content (AvgIpc) is 3.39. The second kappa shape index (κ2) is 9.87. The first kappa shape index (κ1) is 20.6. The summed E-state index contributed by atoms with van der Waals surface area (Å²) in [5, 5.41) is 13.2. The summed E-state index contributed by atoms with van der Waals surface area (Å²) < 4.78 is 1.79. The molecular formula is C21H25ClN4OS. The molecule has 28 heavy (non-hydrogen) atoms. The number of thiophene rings is 1. The topological polar surface area (TPSA) is 59.0 Å². The van der Waals surface area contributed by atoms with Gasteiger partial charge in [-0.15, -0.1) is 23.7 Å². The lowest BCUT2D eigenvalue weighted by atomic mass is 9.96. The zero-order valence-corrected chi connectivity index (χ0v) is 17.3. The fourth-order valence-electron chi connectivity index (χ4n) is 3.50. The van der Waals surface area contributed by atoms with Crippen LogP contribution in [0.2, 0.25) is 0 Å². The van der Waals surface area contributed by atoms with Gasteiger partial charge in [0.2, 0.25) is 0 Å². The molecule has 7 heteroatoms. The van der Waals surface area contributed by atoms with Crippen LogP contribution in [0.25, 0.3) is 16.3 Å². The number of hydrogen-bond donors (Lipinski definition) is 2. The van der Waals surface area contributed by atoms with Gasteiger partial charge in [0.1, 0.15) is 5.69 Å². The van der Waals surface area contributed by atoms with E-state index in [2.05, 4.69) is 10.6 Å². The molecule has 3 heterocycles. The van der Waals surface area contributed by atoms with Gasteiger partial charge >= 0.3 is 0 Å². The molecule has 0 spiro atoms. The summed E-state index contributed by atoms with van der Waals surface area (Å²) >= 11 is 1.60. The van der Waals surface area contributed by atoms with E-state index in [-0.39, 0.29) is 18.3 Å². The van der Waals surface area contributed by atoms with E-state index < -0.39 is 0 Å². The summed E-state index contributed by atoms with van der Waals surface area (Å²) in [6, 6.07) is 13.9. The summed E-state index contributed by atoms with van der Waals surface area (Å²) in [4.78, 5) is 13.9. The maximum atomic E-state index is 12.9. The number of piperidine rings is 1. The number of halogens is 1. The molecule has 1 fully saturated rings. The first-order valence-corrected chi connectivity index (χ1v) is 10.4. The molecule has 1 unspecified atom stereocenters. The van der Waals surface area contributed by atoms with Crippen LogP contribution in [0.15, 0.2) is 54.0 Å². The minimum Gasteiger partial charge on any atom is -0.352 e. The van der Waals surface area contributed by atoms with Gasteiger partial charge in [-0.05, 0) is 61.8 Å². The molecule has 148 valence electrons. The van der Waals surface area contributed by atoms with Crippen molar-refractivity contribution in [3.63, 3.8) is 0 Å². The maximum Gasteiger partial charge on any atom is 0.255 e. The number of carbonyl (C=O) groups is 1. The van der Waals surface area contributed by atoms with Gasteiger partial charge in [-0.3, -0.25) is 4.79 Å². The second-order valence-corrected chi connectivity index (χ2v) is 7.85. The van der Waals surface area contributed by atoms with Crippen LogP contribution in [0, 0.1) is 5.92 Å². The molecule has 5 nitrogen and oxygen atoms in total. The van der Waals surface area contributed by atoms with Gasteiger partial charge in [0.25, 0.3) is 5.91 Å². The lowest BCUT2D eigenvalue weighted by Gasteiger charge is -2.22. The number of hydrogen-bond acceptors (Lipinski definition) is 4. The van der Waals surface area contributed by atoms with E-state index in [0.29, 0.717) is 18.0 Å². The Morgan fingerprint density at radius 1 is 1.25 bits per heavy atom. The molecular weight excluding hydrogens is 392 g/mol. The van der Waals surface area contributed by atoms with Crippen molar-refractivity contribution >= 4 is 29.7 Å². The summed E-state index contributed by atoms with van der Waals surface area (Å²) in [6.45, 7) is 2.87. The fraction of sp³-hybridized carbons (Fsp3) is 0.333. The molecule has 1 atom stereocenters. The highest BCUT2D eigenvalue weighted by atomic mass is 35.5. The Labute approximate surface area is 175 Å². The van der Waals surface area contributed by atoms with Crippen molar-refractivity contribution in [2.45, 2.75) is 19.3 Å². The first-order chi connectivity index (χ1) is 13.3. The van der Waals surface area contributed by atoms with Gasteiger partial charge in [0.15, 0.2) is 0 Å². The summed E-state index contributed by atoms with van der Waals surface area (Å²) in [5.41, 5.74) is 2.32. The standard InChI is InChI=1S/C21H24N4OS.ClH/c26-21(23-12-10-16-6-4-11-22-14-16)18-15-25(17-7-2-1-3-8-17)24-20(18)19-9-5-13-27-19;/h1-3,5,7-9,13,15-16,22H,4,6,10-12,14H2,(H,23,26);1H. The normalized spacial score (nSPS) is 16.4. The van der Waals surface area contributed by atoms with Gasteiger partial charge in [0, 0.05) is 12.7 Å². The smallest absolute Gasteiger partial charge is 0.255 e. The summed E-state index contributed by atoms with van der Waals surface area (Å²) in [6.07, 6.45) is 5.32. The molecule has 2 aromatic heterocycles. The number of aromatic nitrogens is 2. The Hall–Kier alpha value is -2.15. The number of amides is 1. The van der Waals surface area contributed by atoms with Crippen LogP contribution in [0.3, 0.4) is 0 Å². The second-order valence-electron chi connectivity index (χ2n) is 6.91. The van der Waals surface area contributed by atoms with Gasteiger partial charge < -0.3 is 10.6 Å². The van der Waals surface area contributed by atoms with E-state index in [9.17, 15) is 4.79 Å². The Kier molecular flexibility index (Phi) is 7.25. The van der Waals surface area contributed by atoms with Gasteiger partial charge in [-0.25, -0.2) is 4.68 Å². The van der Waals surface area contributed by atoms with E-state index >= 15 is 0 Å². The molecule has 0 radical (unpaired) electrons. The number of carbonyl (C=O) groups excluding carboxylic acids is 1. The Balaban J connectivity index is 0.00000225. The summed E-state index contributed by atoms with van der Waals surface area (Å²) in [5.74, 6) is 0.604. The van der Waals surface area contributed by atoms with Crippen molar-refractivity contribution < 1.29 is 4.79 Å². The van der Waals surface area contributed by atoms with E-state index in [0.717, 1.165) is 35.8 Å². The predicted octanol–water partition coefficient (Wildman–Crippen LogP) is 4.14. The molecule has 4 rings (SSSR count). The molecule has 0 bridgehead atoms. The van der Waals surface area contributed by atoms with Crippen molar-refractivity contribution in [3.8, 4) is 16.3 Å². The number of para-hydroxylation sites is 1. The third-order valence-electron chi connectivity index (χ3n) is 4.97. The molecule has 0 saturated carbocycles. The highest BCUT2D eigenvalue weighted by Crippen LogP contribution is 2.27. The highest BCUT2D eigenvalue weighted by Gasteiger charge is 2.20. The average molecular weight is 417 g/mol. The lowest BCUT2D eigenvalue weighted by molar-refractivity contribution is 0.0951. The SMILES string of the molecule is Cl.O=C(NCCC1CCCNC1)c1cn(-c2ccccc2)nc1-c1cccs1. The molecule has 1 aromatic carbocycles. The largest absolute Gasteiger partial charge is 0.352 e. The van der Waals surface area contributed by atoms with Crippen molar-refractivity contribution in [2.75, 3.05) is 19.6 Å². The Morgan fingerprint density at radius 3 is 2.82 bits per heavy atom. The number of nitrogens with zero attached hydrogens (tertiary/aromatic N) is 2. The van der Waals surface area contributed by atoms with Crippen LogP contribution in [-0.2, 0) is 0 Å². The van der Waals surface area contributed by atoms with Crippen LogP contribution in [0.1, 0.15) is 29.6 Å². The van der Waals surface area contributed by atoms with Crippen molar-refractivity contribution in [3.05, 3.63) is 59.6 Å². The monoisotopic (exact) mass is 416 g/mol. The van der Waals surface area contributed by atoms with Crippen LogP contribution in [0.4, 0.5) is 0 Å². The van der Waals surface area contributed by atoms with Crippen LogP contribution in [0.5, 0.6) is 0 Å². The highest BCUT2D eigenvalue weighted by molar-refractivity contribution is 7.13. The van der Waals surface area contributed by atoms with Crippen LogP contribution < -0.4 is 10.6 Å². The summed E-state index contributed by atoms with van der Waals surface area (Å²) in [7, 11) is 0. The quantitative estimate of drug-likeness (QED) is 0.634. The fourth-order valence-corrected chi connectivity index (χ4v) is 4.23. The minimum atomic E-state index is -0.0515. The van der Waals surface area contributed by atoms with Crippen molar-refractivity contribution in [1.82, 2.24) is 20.4 Å². The van der Waals surface area contributed by atoms with E-state index in [1.165, 1.54) is 12.8 Å². The minimum absolute atomic E-state index is 0. The van der Waals surface area contributed by atoms with E-state index in [1.54, 1.807) is 16.0 Å². The zero-order valence-electron chi connectivity index (χ0n) is 15.6. The number of benzene rings is 1. The van der Waals surface area contributed by atoms with Crippen LogP contribution >= 0.6 is 23.7 Å². The third-order valence-corrected chi connectivity index (χ3v) is 5.85. The molecule has 1 saturated heterocycles. The molecule has 0 aliphatic carbocycles. The van der Waals surface area contributed by atoms with Crippen molar-refractivity contribution in [2.24, 2.45) is 5.92 Å². The molecule has 3 aromatic rings. The van der Waals surface area contributed by atoms with E-state index in [4.69, 9.17) is 5.10 Å². The lowest BCUT2D eigenvalue weighted by Crippen LogP contribution is -2.33. The van der Waals surface area contributed by atoms with Gasteiger partial charge in [-0.2, -0.15) is 5.10 Å². The number of rotatable bonds is 6. The van der Waals surface area contributed by atoms with Crippen molar-refractivity contribution in [1.29, 1.82) is 0 Å². The van der Waals surface area contributed by atoms with Crippen LogP contribution in [-0.4, -0.2) is 35.3 Å². The van der Waals surface area contributed by atoms with E-state index in [1.807, 2.05) is 54.0 Å². The van der Waals surface area contributed by atoms with Gasteiger partial charge in [-0.1, -0.05) is 24.3 Å². The van der Waals surface area contributed by atoms with Gasteiger partial charge in [0.05, 0.1) is 16.1 Å².